The lowest BCUT2D eigenvalue weighted by Gasteiger charge is -2.14. The predicted octanol–water partition coefficient (Wildman–Crippen LogP) is 3.84. The van der Waals surface area contributed by atoms with Crippen LogP contribution in [0.5, 0.6) is 0 Å². The molecule has 3 nitrogen and oxygen atoms in total. The molecule has 1 unspecified atom stereocenters. The van der Waals surface area contributed by atoms with E-state index < -0.39 is 0 Å². The molecule has 0 saturated carbocycles. The van der Waals surface area contributed by atoms with Crippen molar-refractivity contribution in [2.45, 2.75) is 18.9 Å². The first kappa shape index (κ1) is 16.0. The van der Waals surface area contributed by atoms with Crippen LogP contribution < -0.4 is 5.32 Å². The van der Waals surface area contributed by atoms with Gasteiger partial charge in [0, 0.05) is 25.0 Å². The van der Waals surface area contributed by atoms with Gasteiger partial charge in [0.15, 0.2) is 0 Å². The zero-order valence-electron chi connectivity index (χ0n) is 11.8. The Hall–Kier alpha value is -1.36. The molecule has 0 radical (unpaired) electrons. The van der Waals surface area contributed by atoms with Gasteiger partial charge in [-0.3, -0.25) is 4.79 Å². The molecule has 1 aromatic heterocycles. The van der Waals surface area contributed by atoms with Gasteiger partial charge in [0.1, 0.15) is 6.10 Å². The molecule has 0 aliphatic rings. The number of benzene rings is 1. The molecule has 1 heterocycles. The number of methoxy groups -OCH3 is 1. The van der Waals surface area contributed by atoms with Gasteiger partial charge in [0.25, 0.3) is 0 Å². The van der Waals surface area contributed by atoms with E-state index in [4.69, 9.17) is 16.3 Å². The van der Waals surface area contributed by atoms with Crippen molar-refractivity contribution in [2.75, 3.05) is 13.7 Å². The van der Waals surface area contributed by atoms with Crippen LogP contribution in [0.4, 0.5) is 0 Å². The summed E-state index contributed by atoms with van der Waals surface area (Å²) in [7, 11) is 1.63. The third-order valence-electron chi connectivity index (χ3n) is 3.16. The summed E-state index contributed by atoms with van der Waals surface area (Å²) < 4.78 is 6.12. The Kier molecular flexibility index (Phi) is 6.23. The Morgan fingerprint density at radius 2 is 2.05 bits per heavy atom. The van der Waals surface area contributed by atoms with E-state index in [0.29, 0.717) is 13.0 Å². The van der Waals surface area contributed by atoms with Crippen LogP contribution in [0.1, 0.15) is 23.0 Å². The van der Waals surface area contributed by atoms with Gasteiger partial charge >= 0.3 is 0 Å². The number of carbonyl (C=O) groups excluding carboxylic acids is 1. The van der Waals surface area contributed by atoms with Crippen molar-refractivity contribution < 1.29 is 9.53 Å². The van der Waals surface area contributed by atoms with Gasteiger partial charge in [0.05, 0.1) is 4.34 Å². The molecule has 0 fully saturated rings. The molecule has 1 aromatic carbocycles. The zero-order chi connectivity index (χ0) is 15.1. The van der Waals surface area contributed by atoms with E-state index in [9.17, 15) is 4.79 Å². The number of nitrogens with one attached hydrogen (secondary N) is 1. The van der Waals surface area contributed by atoms with Gasteiger partial charge in [-0.05, 0) is 24.1 Å². The number of halogens is 1. The minimum Gasteiger partial charge on any atom is -0.374 e. The lowest BCUT2D eigenvalue weighted by atomic mass is 10.1. The third-order valence-corrected chi connectivity index (χ3v) is 4.49. The van der Waals surface area contributed by atoms with E-state index in [1.807, 2.05) is 42.5 Å². The van der Waals surface area contributed by atoms with Crippen LogP contribution in [-0.2, 0) is 16.0 Å². The molecule has 2 rings (SSSR count). The van der Waals surface area contributed by atoms with E-state index in [1.54, 1.807) is 7.11 Å². The minimum atomic E-state index is -0.150. The van der Waals surface area contributed by atoms with E-state index in [2.05, 4.69) is 5.32 Å². The van der Waals surface area contributed by atoms with Crippen molar-refractivity contribution in [2.24, 2.45) is 0 Å². The first-order valence-electron chi connectivity index (χ1n) is 6.77. The maximum absolute atomic E-state index is 11.9. The average Bonchev–Trinajstić information content (AvgIpc) is 2.93. The van der Waals surface area contributed by atoms with E-state index in [0.717, 1.165) is 15.6 Å². The second-order valence-electron chi connectivity index (χ2n) is 4.66. The largest absolute Gasteiger partial charge is 0.374 e. The second kappa shape index (κ2) is 8.17. The van der Waals surface area contributed by atoms with Crippen LogP contribution in [-0.4, -0.2) is 19.6 Å². The van der Waals surface area contributed by atoms with Crippen LogP contribution in [0.15, 0.2) is 42.5 Å². The Balaban J connectivity index is 1.77. The van der Waals surface area contributed by atoms with Crippen LogP contribution in [0.3, 0.4) is 0 Å². The lowest BCUT2D eigenvalue weighted by molar-refractivity contribution is -0.121. The number of hydrogen-bond donors (Lipinski definition) is 1. The SMILES string of the molecule is COC(CNC(=O)CCc1ccccc1)c1ccc(Cl)s1. The van der Waals surface area contributed by atoms with E-state index in [-0.39, 0.29) is 12.0 Å². The molecule has 0 aliphatic heterocycles. The van der Waals surface area contributed by atoms with Gasteiger partial charge in [-0.1, -0.05) is 41.9 Å². The average molecular weight is 324 g/mol. The molecule has 0 aliphatic carbocycles. The summed E-state index contributed by atoms with van der Waals surface area (Å²) in [5.74, 6) is 0.0311. The van der Waals surface area contributed by atoms with Crippen LogP contribution >= 0.6 is 22.9 Å². The van der Waals surface area contributed by atoms with Gasteiger partial charge in [0.2, 0.25) is 5.91 Å². The topological polar surface area (TPSA) is 38.3 Å². The molecule has 1 N–H and O–H groups in total. The summed E-state index contributed by atoms with van der Waals surface area (Å²) in [6.07, 6.45) is 1.07. The van der Waals surface area contributed by atoms with Crippen molar-refractivity contribution in [3.63, 3.8) is 0 Å². The fourth-order valence-electron chi connectivity index (χ4n) is 2.00. The second-order valence-corrected chi connectivity index (χ2v) is 6.40. The summed E-state index contributed by atoms with van der Waals surface area (Å²) in [6.45, 7) is 0.459. The molecule has 5 heteroatoms. The summed E-state index contributed by atoms with van der Waals surface area (Å²) in [5.41, 5.74) is 1.17. The normalized spacial score (nSPS) is 12.1. The monoisotopic (exact) mass is 323 g/mol. The predicted molar refractivity (Wildman–Crippen MR) is 86.9 cm³/mol. The highest BCUT2D eigenvalue weighted by Crippen LogP contribution is 2.28. The summed E-state index contributed by atoms with van der Waals surface area (Å²) in [6, 6.07) is 13.8. The van der Waals surface area contributed by atoms with Gasteiger partial charge < -0.3 is 10.1 Å². The Labute approximate surface area is 133 Å². The van der Waals surface area contributed by atoms with Crippen LogP contribution in [0.2, 0.25) is 4.34 Å². The standard InChI is InChI=1S/C16H18ClNO2S/c1-20-13(14-8-9-15(17)21-14)11-18-16(19)10-7-12-5-3-2-4-6-12/h2-6,8-9,13H,7,10-11H2,1H3,(H,18,19). The number of hydrogen-bond acceptors (Lipinski definition) is 3. The first-order chi connectivity index (χ1) is 10.2. The fourth-order valence-corrected chi connectivity index (χ4v) is 3.14. The van der Waals surface area contributed by atoms with Crippen LogP contribution in [0.25, 0.3) is 0 Å². The smallest absolute Gasteiger partial charge is 0.220 e. The van der Waals surface area contributed by atoms with Gasteiger partial charge in [-0.15, -0.1) is 11.3 Å². The van der Waals surface area contributed by atoms with E-state index in [1.165, 1.54) is 16.9 Å². The third kappa shape index (κ3) is 5.16. The quantitative estimate of drug-likeness (QED) is 0.840. The van der Waals surface area contributed by atoms with Crippen LogP contribution in [0, 0.1) is 0 Å². The summed E-state index contributed by atoms with van der Waals surface area (Å²) in [4.78, 5) is 12.9. The van der Waals surface area contributed by atoms with Gasteiger partial charge in [-0.2, -0.15) is 0 Å². The Morgan fingerprint density at radius 3 is 2.67 bits per heavy atom. The number of amides is 1. The zero-order valence-corrected chi connectivity index (χ0v) is 13.4. The highest BCUT2D eigenvalue weighted by molar-refractivity contribution is 7.16. The van der Waals surface area contributed by atoms with Crippen molar-refractivity contribution in [1.82, 2.24) is 5.32 Å². The van der Waals surface area contributed by atoms with Gasteiger partial charge in [-0.25, -0.2) is 0 Å². The number of carbonyl (C=O) groups is 1. The number of rotatable bonds is 7. The molecule has 112 valence electrons. The minimum absolute atomic E-state index is 0.0311. The molecular weight excluding hydrogens is 306 g/mol. The molecule has 0 spiro atoms. The number of ether oxygens (including phenoxy) is 1. The highest BCUT2D eigenvalue weighted by atomic mass is 35.5. The van der Waals surface area contributed by atoms with Crippen molar-refractivity contribution in [3.8, 4) is 0 Å². The molecule has 1 amide bonds. The molecule has 2 aromatic rings. The molecule has 1 atom stereocenters. The van der Waals surface area contributed by atoms with Crippen molar-refractivity contribution >= 4 is 28.8 Å². The Morgan fingerprint density at radius 1 is 1.29 bits per heavy atom. The maximum atomic E-state index is 11.9. The molecule has 0 saturated heterocycles. The number of aryl methyl sites for hydroxylation is 1. The number of thiophene rings is 1. The summed E-state index contributed by atoms with van der Waals surface area (Å²) >= 11 is 7.39. The first-order valence-corrected chi connectivity index (χ1v) is 7.97. The fraction of sp³-hybridized carbons (Fsp3) is 0.312. The molecule has 21 heavy (non-hydrogen) atoms. The Bertz CT molecular complexity index is 571. The summed E-state index contributed by atoms with van der Waals surface area (Å²) in [5, 5.41) is 2.91. The maximum Gasteiger partial charge on any atom is 0.220 e. The van der Waals surface area contributed by atoms with Crippen molar-refractivity contribution in [3.05, 3.63) is 57.2 Å². The lowest BCUT2D eigenvalue weighted by Crippen LogP contribution is -2.29. The molecule has 0 bridgehead atoms. The van der Waals surface area contributed by atoms with E-state index >= 15 is 0 Å². The highest BCUT2D eigenvalue weighted by Gasteiger charge is 2.14. The van der Waals surface area contributed by atoms with Crippen molar-refractivity contribution in [1.29, 1.82) is 0 Å². The molecular formula is C16H18ClNO2S.